The summed E-state index contributed by atoms with van der Waals surface area (Å²) in [5.74, 6) is 0.341. The summed E-state index contributed by atoms with van der Waals surface area (Å²) in [6, 6.07) is 2.09. The topological polar surface area (TPSA) is 62.0 Å². The Bertz CT molecular complexity index is 1170. The van der Waals surface area contributed by atoms with Crippen LogP contribution >= 0.6 is 0 Å². The number of aliphatic imine (C=N–C) groups is 1. The van der Waals surface area contributed by atoms with E-state index in [1.807, 2.05) is 61.3 Å². The Hall–Kier alpha value is -3.25. The zero-order chi connectivity index (χ0) is 20.7. The molecule has 3 aliphatic rings. The second-order valence-corrected chi connectivity index (χ2v) is 8.12. The number of allylic oxidation sites excluding steroid dienone is 6. The zero-order valence-electron chi connectivity index (χ0n) is 17.3. The number of carbonyl (C=O) groups excluding carboxylic acids is 1. The Morgan fingerprint density at radius 2 is 2.00 bits per heavy atom. The second-order valence-electron chi connectivity index (χ2n) is 8.12. The lowest BCUT2D eigenvalue weighted by atomic mass is 9.94. The number of piperidine rings is 1. The maximum atomic E-state index is 13.2. The molecule has 0 unspecified atom stereocenters. The molecular weight excluding hydrogens is 374 g/mol. The molecule has 1 N–H and O–H groups in total. The SMILES string of the molecule is Cc1cn2cc(C3=CC(=O)N4C=C(C5CCNCC5)N=C/C4=C\C=C3)cc(C)c2n1. The van der Waals surface area contributed by atoms with Gasteiger partial charge < -0.3 is 9.72 Å². The molecule has 1 amide bonds. The molecule has 6 heteroatoms. The molecule has 152 valence electrons. The van der Waals surface area contributed by atoms with Crippen LogP contribution in [0.5, 0.6) is 0 Å². The number of nitrogens with zero attached hydrogens (tertiary/aromatic N) is 4. The fraction of sp³-hybridized carbons (Fsp3) is 0.292. The smallest absolute Gasteiger partial charge is 0.255 e. The average molecular weight is 399 g/mol. The van der Waals surface area contributed by atoms with E-state index in [-0.39, 0.29) is 5.91 Å². The Kier molecular flexibility index (Phi) is 4.71. The fourth-order valence-electron chi connectivity index (χ4n) is 4.32. The van der Waals surface area contributed by atoms with Gasteiger partial charge in [-0.15, -0.1) is 0 Å². The number of amides is 1. The van der Waals surface area contributed by atoms with Gasteiger partial charge >= 0.3 is 0 Å². The van der Waals surface area contributed by atoms with Crippen LogP contribution in [0, 0.1) is 19.8 Å². The third kappa shape index (κ3) is 3.44. The minimum atomic E-state index is -0.0576. The summed E-state index contributed by atoms with van der Waals surface area (Å²) >= 11 is 0. The minimum absolute atomic E-state index is 0.0576. The zero-order valence-corrected chi connectivity index (χ0v) is 17.3. The van der Waals surface area contributed by atoms with Crippen molar-refractivity contribution in [2.24, 2.45) is 10.9 Å². The lowest BCUT2D eigenvalue weighted by molar-refractivity contribution is -0.121. The quantitative estimate of drug-likeness (QED) is 0.840. The van der Waals surface area contributed by atoms with Crippen molar-refractivity contribution in [2.75, 3.05) is 13.1 Å². The van der Waals surface area contributed by atoms with Crippen LogP contribution in [-0.2, 0) is 4.79 Å². The Morgan fingerprint density at radius 3 is 2.83 bits per heavy atom. The minimum Gasteiger partial charge on any atom is -0.317 e. The van der Waals surface area contributed by atoms with Crippen molar-refractivity contribution < 1.29 is 4.79 Å². The molecule has 0 radical (unpaired) electrons. The van der Waals surface area contributed by atoms with Crippen LogP contribution in [0.3, 0.4) is 0 Å². The maximum Gasteiger partial charge on any atom is 0.255 e. The summed E-state index contributed by atoms with van der Waals surface area (Å²) in [7, 11) is 0. The van der Waals surface area contributed by atoms with Gasteiger partial charge in [0.1, 0.15) is 5.65 Å². The van der Waals surface area contributed by atoms with E-state index >= 15 is 0 Å². The molecular formula is C24H25N5O. The van der Waals surface area contributed by atoms with Crippen LogP contribution < -0.4 is 5.32 Å². The number of pyridine rings is 1. The number of nitrogens with one attached hydrogen (secondary N) is 1. The van der Waals surface area contributed by atoms with Gasteiger partial charge in [-0.2, -0.15) is 0 Å². The van der Waals surface area contributed by atoms with Gasteiger partial charge in [0.05, 0.1) is 23.3 Å². The number of aryl methyl sites for hydroxylation is 2. The molecule has 5 heterocycles. The van der Waals surface area contributed by atoms with Gasteiger partial charge in [0.2, 0.25) is 0 Å². The van der Waals surface area contributed by atoms with Gasteiger partial charge in [-0.05, 0) is 68.6 Å². The molecule has 0 bridgehead atoms. The number of carbonyl (C=O) groups is 1. The largest absolute Gasteiger partial charge is 0.317 e. The van der Waals surface area contributed by atoms with E-state index in [1.165, 1.54) is 0 Å². The molecule has 1 fully saturated rings. The number of rotatable bonds is 2. The summed E-state index contributed by atoms with van der Waals surface area (Å²) in [4.78, 5) is 24.1. The van der Waals surface area contributed by atoms with Crippen molar-refractivity contribution in [3.05, 3.63) is 77.2 Å². The molecule has 6 nitrogen and oxygen atoms in total. The predicted octanol–water partition coefficient (Wildman–Crippen LogP) is 3.54. The maximum absolute atomic E-state index is 13.2. The molecule has 2 aromatic heterocycles. The average Bonchev–Trinajstić information content (AvgIpc) is 3.13. The van der Waals surface area contributed by atoms with E-state index in [0.717, 1.165) is 65.4 Å². The standard InChI is InChI=1S/C24H25N5O/c1-16-10-20(14-28-13-17(2)27-24(16)28)19-4-3-5-21-12-26-22(15-29(21)23(30)11-19)18-6-8-25-9-7-18/h3-5,10-15,18,25H,6-9H2,1-2H3/b4-3?,19-11?,21-5+. The number of aromatic nitrogens is 2. The Balaban J connectivity index is 1.51. The van der Waals surface area contributed by atoms with E-state index < -0.39 is 0 Å². The lowest BCUT2D eigenvalue weighted by Gasteiger charge is -2.28. The molecule has 0 atom stereocenters. The van der Waals surface area contributed by atoms with Crippen LogP contribution in [-0.4, -0.2) is 39.5 Å². The monoisotopic (exact) mass is 399 g/mol. The Morgan fingerprint density at radius 1 is 1.17 bits per heavy atom. The molecule has 3 aliphatic heterocycles. The van der Waals surface area contributed by atoms with Gasteiger partial charge in [0.25, 0.3) is 5.91 Å². The van der Waals surface area contributed by atoms with Crippen molar-refractivity contribution in [3.63, 3.8) is 0 Å². The van der Waals surface area contributed by atoms with Crippen molar-refractivity contribution >= 4 is 23.3 Å². The number of fused-ring (bicyclic) bond motifs is 2. The predicted molar refractivity (Wildman–Crippen MR) is 119 cm³/mol. The molecule has 0 aliphatic carbocycles. The number of imidazole rings is 1. The second kappa shape index (κ2) is 7.54. The normalized spacial score (nSPS) is 21.6. The molecule has 1 saturated heterocycles. The van der Waals surface area contributed by atoms with E-state index in [1.54, 1.807) is 11.0 Å². The highest BCUT2D eigenvalue weighted by atomic mass is 16.2. The Labute approximate surface area is 176 Å². The van der Waals surface area contributed by atoms with E-state index in [2.05, 4.69) is 21.4 Å². The van der Waals surface area contributed by atoms with Crippen LogP contribution in [0.15, 0.2) is 65.4 Å². The summed E-state index contributed by atoms with van der Waals surface area (Å²) in [5.41, 5.74) is 6.66. The molecule has 30 heavy (non-hydrogen) atoms. The van der Waals surface area contributed by atoms with Crippen LogP contribution in [0.4, 0.5) is 0 Å². The number of hydrogen-bond acceptors (Lipinski definition) is 4. The summed E-state index contributed by atoms with van der Waals surface area (Å²) < 4.78 is 2.03. The van der Waals surface area contributed by atoms with Crippen LogP contribution in [0.2, 0.25) is 0 Å². The van der Waals surface area contributed by atoms with E-state index in [0.29, 0.717) is 5.92 Å². The first kappa shape index (κ1) is 18.8. The number of hydrogen-bond donors (Lipinski definition) is 1. The molecule has 0 spiro atoms. The van der Waals surface area contributed by atoms with Gasteiger partial charge in [0, 0.05) is 30.6 Å². The fourth-order valence-corrected chi connectivity index (χ4v) is 4.32. The van der Waals surface area contributed by atoms with Gasteiger partial charge in [-0.3, -0.25) is 14.7 Å². The third-order valence-electron chi connectivity index (χ3n) is 5.89. The molecule has 2 aromatic rings. The van der Waals surface area contributed by atoms with Crippen molar-refractivity contribution in [3.8, 4) is 0 Å². The van der Waals surface area contributed by atoms with Gasteiger partial charge in [0.15, 0.2) is 0 Å². The lowest BCUT2D eigenvalue weighted by Crippen LogP contribution is -2.32. The third-order valence-corrected chi connectivity index (χ3v) is 5.89. The van der Waals surface area contributed by atoms with Crippen molar-refractivity contribution in [1.29, 1.82) is 0 Å². The van der Waals surface area contributed by atoms with Crippen LogP contribution in [0.25, 0.3) is 11.2 Å². The van der Waals surface area contributed by atoms with Gasteiger partial charge in [-0.1, -0.05) is 12.2 Å². The highest BCUT2D eigenvalue weighted by molar-refractivity contribution is 6.02. The molecule has 5 rings (SSSR count). The highest BCUT2D eigenvalue weighted by Crippen LogP contribution is 2.28. The summed E-state index contributed by atoms with van der Waals surface area (Å²) in [5, 5.41) is 3.38. The first-order valence-corrected chi connectivity index (χ1v) is 10.4. The van der Waals surface area contributed by atoms with Gasteiger partial charge in [-0.25, -0.2) is 4.98 Å². The van der Waals surface area contributed by atoms with E-state index in [4.69, 9.17) is 0 Å². The highest BCUT2D eigenvalue weighted by Gasteiger charge is 2.24. The summed E-state index contributed by atoms with van der Waals surface area (Å²) in [6.07, 6.45) is 17.5. The first-order chi connectivity index (χ1) is 14.6. The molecule has 0 saturated carbocycles. The van der Waals surface area contributed by atoms with Crippen molar-refractivity contribution in [2.45, 2.75) is 26.7 Å². The van der Waals surface area contributed by atoms with Crippen LogP contribution in [0.1, 0.15) is 29.7 Å². The first-order valence-electron chi connectivity index (χ1n) is 10.4. The van der Waals surface area contributed by atoms with Crippen molar-refractivity contribution in [1.82, 2.24) is 19.6 Å². The summed E-state index contributed by atoms with van der Waals surface area (Å²) in [6.45, 7) is 6.03. The van der Waals surface area contributed by atoms with E-state index in [9.17, 15) is 4.79 Å². The molecule has 0 aromatic carbocycles.